The van der Waals surface area contributed by atoms with Crippen LogP contribution < -0.4 is 0 Å². The zero-order chi connectivity index (χ0) is 13.1. The average molecular weight is 257 g/mol. The van der Waals surface area contributed by atoms with Gasteiger partial charge in [-0.05, 0) is 19.8 Å². The van der Waals surface area contributed by atoms with Gasteiger partial charge in [0, 0.05) is 19.7 Å². The number of carbonyl (C=O) groups is 1. The summed E-state index contributed by atoms with van der Waals surface area (Å²) in [5.74, 6) is -6.37. The molecule has 1 fully saturated rings. The van der Waals surface area contributed by atoms with Gasteiger partial charge in [0.15, 0.2) is 0 Å². The van der Waals surface area contributed by atoms with E-state index in [2.05, 4.69) is 0 Å². The topological polar surface area (TPSA) is 29.5 Å². The fraction of sp³-hybridized carbons (Fsp3) is 0.900. The molecule has 0 saturated carbocycles. The molecule has 1 aliphatic rings. The van der Waals surface area contributed by atoms with E-state index in [9.17, 15) is 22.4 Å². The third-order valence-corrected chi connectivity index (χ3v) is 2.69. The standard InChI is InChI=1S/C10H15F4NO2/c1-2-17-7-3-5-15(6-4-7)9(16)10(13,14)8(11)12/h7-8H,2-6H2,1H3. The molecule has 1 saturated heterocycles. The lowest BCUT2D eigenvalue weighted by Crippen LogP contribution is -2.51. The van der Waals surface area contributed by atoms with Crippen LogP contribution in [0.4, 0.5) is 17.6 Å². The number of likely N-dealkylation sites (tertiary alicyclic amines) is 1. The second kappa shape index (κ2) is 5.66. The molecule has 1 heterocycles. The lowest BCUT2D eigenvalue weighted by molar-refractivity contribution is -0.182. The lowest BCUT2D eigenvalue weighted by Gasteiger charge is -2.33. The van der Waals surface area contributed by atoms with Gasteiger partial charge in [0.25, 0.3) is 5.91 Å². The van der Waals surface area contributed by atoms with Gasteiger partial charge in [-0.15, -0.1) is 0 Å². The van der Waals surface area contributed by atoms with Crippen LogP contribution in [0.5, 0.6) is 0 Å². The summed E-state index contributed by atoms with van der Waals surface area (Å²) < 4.78 is 54.9. The minimum atomic E-state index is -4.58. The van der Waals surface area contributed by atoms with Crippen LogP contribution in [-0.4, -0.2) is 49.0 Å². The minimum Gasteiger partial charge on any atom is -0.378 e. The maximum Gasteiger partial charge on any atom is 0.383 e. The molecule has 1 aliphatic heterocycles. The first-order valence-electron chi connectivity index (χ1n) is 5.46. The number of alkyl halides is 4. The summed E-state index contributed by atoms with van der Waals surface area (Å²) in [6.45, 7) is 2.38. The molecule has 1 rings (SSSR count). The maximum absolute atomic E-state index is 12.8. The van der Waals surface area contributed by atoms with Crippen molar-refractivity contribution in [3.05, 3.63) is 0 Å². The summed E-state index contributed by atoms with van der Waals surface area (Å²) >= 11 is 0. The first-order valence-corrected chi connectivity index (χ1v) is 5.46. The highest BCUT2D eigenvalue weighted by molar-refractivity contribution is 5.84. The van der Waals surface area contributed by atoms with Crippen LogP contribution in [0.25, 0.3) is 0 Å². The molecule has 0 spiro atoms. The van der Waals surface area contributed by atoms with Crippen molar-refractivity contribution in [3.63, 3.8) is 0 Å². The second-order valence-electron chi connectivity index (χ2n) is 3.87. The lowest BCUT2D eigenvalue weighted by atomic mass is 10.1. The smallest absolute Gasteiger partial charge is 0.378 e. The molecule has 0 aromatic carbocycles. The number of halogens is 4. The van der Waals surface area contributed by atoms with Crippen LogP contribution in [0.1, 0.15) is 19.8 Å². The summed E-state index contributed by atoms with van der Waals surface area (Å²) in [5.41, 5.74) is 0. The van der Waals surface area contributed by atoms with Gasteiger partial charge in [-0.1, -0.05) is 0 Å². The predicted molar refractivity (Wildman–Crippen MR) is 52.2 cm³/mol. The Morgan fingerprint density at radius 2 is 1.94 bits per heavy atom. The van der Waals surface area contributed by atoms with Gasteiger partial charge < -0.3 is 9.64 Å². The van der Waals surface area contributed by atoms with E-state index in [4.69, 9.17) is 4.74 Å². The Labute approximate surface area is 96.7 Å². The summed E-state index contributed by atoms with van der Waals surface area (Å²) in [7, 11) is 0. The fourth-order valence-corrected chi connectivity index (χ4v) is 1.77. The van der Waals surface area contributed by atoms with E-state index in [1.165, 1.54) is 0 Å². The molecule has 3 nitrogen and oxygen atoms in total. The Morgan fingerprint density at radius 1 is 1.41 bits per heavy atom. The van der Waals surface area contributed by atoms with Crippen molar-refractivity contribution in [2.75, 3.05) is 19.7 Å². The van der Waals surface area contributed by atoms with Crippen LogP contribution in [0.2, 0.25) is 0 Å². The minimum absolute atomic E-state index is 0.0335. The maximum atomic E-state index is 12.8. The van der Waals surface area contributed by atoms with Crippen molar-refractivity contribution in [1.29, 1.82) is 0 Å². The third kappa shape index (κ3) is 3.31. The number of hydrogen-bond donors (Lipinski definition) is 0. The van der Waals surface area contributed by atoms with Crippen molar-refractivity contribution in [2.45, 2.75) is 38.2 Å². The van der Waals surface area contributed by atoms with E-state index in [-0.39, 0.29) is 19.2 Å². The van der Waals surface area contributed by atoms with Gasteiger partial charge in [-0.2, -0.15) is 8.78 Å². The molecule has 0 atom stereocenters. The Bertz CT molecular complexity index is 265. The molecular formula is C10H15F4NO2. The molecule has 0 unspecified atom stereocenters. The molecule has 7 heteroatoms. The molecule has 0 radical (unpaired) electrons. The molecule has 1 amide bonds. The number of rotatable bonds is 4. The molecule has 17 heavy (non-hydrogen) atoms. The number of hydrogen-bond acceptors (Lipinski definition) is 2. The van der Waals surface area contributed by atoms with Crippen molar-refractivity contribution < 1.29 is 27.1 Å². The molecule has 0 N–H and O–H groups in total. The normalized spacial score (nSPS) is 18.8. The van der Waals surface area contributed by atoms with Crippen molar-refractivity contribution >= 4 is 5.91 Å². The number of carbonyl (C=O) groups excluding carboxylic acids is 1. The van der Waals surface area contributed by atoms with Crippen molar-refractivity contribution in [2.24, 2.45) is 0 Å². The highest BCUT2D eigenvalue weighted by atomic mass is 19.3. The Morgan fingerprint density at radius 3 is 2.35 bits per heavy atom. The van der Waals surface area contributed by atoms with E-state index in [0.717, 1.165) is 4.90 Å². The molecule has 0 aromatic heterocycles. The summed E-state index contributed by atoms with van der Waals surface area (Å²) in [6.07, 6.45) is -3.23. The first-order chi connectivity index (χ1) is 7.89. The Kier molecular flexibility index (Phi) is 4.73. The summed E-state index contributed by atoms with van der Waals surface area (Å²) in [5, 5.41) is 0. The molecule has 0 bridgehead atoms. The number of nitrogens with zero attached hydrogens (tertiary/aromatic N) is 1. The van der Waals surface area contributed by atoms with Crippen LogP contribution >= 0.6 is 0 Å². The van der Waals surface area contributed by atoms with Crippen LogP contribution in [0, 0.1) is 0 Å². The Hall–Kier alpha value is -0.850. The average Bonchev–Trinajstić information content (AvgIpc) is 2.29. The van der Waals surface area contributed by atoms with Crippen LogP contribution in [0.3, 0.4) is 0 Å². The summed E-state index contributed by atoms with van der Waals surface area (Å²) in [4.78, 5) is 12.0. The first kappa shape index (κ1) is 14.2. The number of piperidine rings is 1. The van der Waals surface area contributed by atoms with E-state index < -0.39 is 18.3 Å². The zero-order valence-corrected chi connectivity index (χ0v) is 9.47. The van der Waals surface area contributed by atoms with Gasteiger partial charge in [-0.25, -0.2) is 8.78 Å². The largest absolute Gasteiger partial charge is 0.383 e. The van der Waals surface area contributed by atoms with Gasteiger partial charge in [0.2, 0.25) is 0 Å². The molecular weight excluding hydrogens is 242 g/mol. The Balaban J connectivity index is 2.51. The van der Waals surface area contributed by atoms with E-state index in [1.807, 2.05) is 6.92 Å². The van der Waals surface area contributed by atoms with Gasteiger partial charge in [-0.3, -0.25) is 4.79 Å². The highest BCUT2D eigenvalue weighted by Crippen LogP contribution is 2.27. The monoisotopic (exact) mass is 257 g/mol. The number of amides is 1. The molecule has 0 aliphatic carbocycles. The van der Waals surface area contributed by atoms with E-state index in [1.54, 1.807) is 0 Å². The van der Waals surface area contributed by atoms with Crippen molar-refractivity contribution in [1.82, 2.24) is 4.90 Å². The second-order valence-corrected chi connectivity index (χ2v) is 3.87. The molecule has 100 valence electrons. The van der Waals surface area contributed by atoms with Crippen LogP contribution in [0.15, 0.2) is 0 Å². The van der Waals surface area contributed by atoms with Crippen molar-refractivity contribution in [3.8, 4) is 0 Å². The van der Waals surface area contributed by atoms with Crippen LogP contribution in [-0.2, 0) is 9.53 Å². The van der Waals surface area contributed by atoms with E-state index >= 15 is 0 Å². The highest BCUT2D eigenvalue weighted by Gasteiger charge is 2.51. The fourth-order valence-electron chi connectivity index (χ4n) is 1.77. The third-order valence-electron chi connectivity index (χ3n) is 2.69. The molecule has 0 aromatic rings. The zero-order valence-electron chi connectivity index (χ0n) is 9.47. The quantitative estimate of drug-likeness (QED) is 0.720. The van der Waals surface area contributed by atoms with E-state index in [0.29, 0.717) is 19.4 Å². The van der Waals surface area contributed by atoms with Gasteiger partial charge in [0.1, 0.15) is 0 Å². The number of ether oxygens (including phenoxy) is 1. The predicted octanol–water partition coefficient (Wildman–Crippen LogP) is 1.91. The van der Waals surface area contributed by atoms with Gasteiger partial charge >= 0.3 is 12.3 Å². The summed E-state index contributed by atoms with van der Waals surface area (Å²) in [6, 6.07) is 0. The SMILES string of the molecule is CCOC1CCN(C(=O)C(F)(F)C(F)F)CC1. The van der Waals surface area contributed by atoms with Gasteiger partial charge in [0.05, 0.1) is 6.10 Å².